The molecule has 5 rings (SSSR count). The van der Waals surface area contributed by atoms with Gasteiger partial charge in [-0.25, -0.2) is 9.07 Å². The Hall–Kier alpha value is -4.52. The van der Waals surface area contributed by atoms with Crippen LogP contribution in [0.1, 0.15) is 72.9 Å². The van der Waals surface area contributed by atoms with Crippen molar-refractivity contribution in [1.29, 1.82) is 5.26 Å². The zero-order chi connectivity index (χ0) is 28.6. The fourth-order valence-electron chi connectivity index (χ4n) is 4.51. The van der Waals surface area contributed by atoms with Crippen molar-refractivity contribution < 1.29 is 9.18 Å². The third-order valence-corrected chi connectivity index (χ3v) is 6.78. The second kappa shape index (κ2) is 10.6. The van der Waals surface area contributed by atoms with Gasteiger partial charge >= 0.3 is 0 Å². The Bertz CT molecular complexity index is 1590. The maximum absolute atomic E-state index is 13.8. The number of nitriles is 1. The van der Waals surface area contributed by atoms with Gasteiger partial charge in [-0.1, -0.05) is 38.1 Å². The molecule has 40 heavy (non-hydrogen) atoms. The first-order valence-electron chi connectivity index (χ1n) is 13.3. The van der Waals surface area contributed by atoms with Crippen LogP contribution in [0.4, 0.5) is 15.8 Å². The lowest BCUT2D eigenvalue weighted by molar-refractivity contribution is 0.0829. The Morgan fingerprint density at radius 3 is 2.58 bits per heavy atom. The molecule has 2 aromatic carbocycles. The first-order valence-corrected chi connectivity index (χ1v) is 13.3. The van der Waals surface area contributed by atoms with Gasteiger partial charge in [0.1, 0.15) is 17.6 Å². The minimum absolute atomic E-state index is 0.0540. The molecule has 1 saturated carbocycles. The number of hydrogen-bond acceptors (Lipinski definition) is 7. The Morgan fingerprint density at radius 2 is 1.95 bits per heavy atom. The van der Waals surface area contributed by atoms with Gasteiger partial charge in [0.05, 0.1) is 40.6 Å². The van der Waals surface area contributed by atoms with Crippen LogP contribution in [0.15, 0.2) is 48.8 Å². The van der Waals surface area contributed by atoms with Crippen molar-refractivity contribution in [3.05, 3.63) is 77.0 Å². The number of pyridine rings is 1. The molecule has 0 aliphatic heterocycles. The van der Waals surface area contributed by atoms with Crippen molar-refractivity contribution in [1.82, 2.24) is 24.9 Å². The van der Waals surface area contributed by atoms with E-state index in [0.29, 0.717) is 51.7 Å². The van der Waals surface area contributed by atoms with Gasteiger partial charge in [0.25, 0.3) is 5.91 Å². The molecule has 4 aromatic rings. The van der Waals surface area contributed by atoms with Crippen molar-refractivity contribution in [2.45, 2.75) is 45.7 Å². The van der Waals surface area contributed by atoms with Crippen molar-refractivity contribution >= 4 is 28.2 Å². The highest BCUT2D eigenvalue weighted by Crippen LogP contribution is 2.37. The van der Waals surface area contributed by atoms with Gasteiger partial charge in [0.15, 0.2) is 0 Å². The standard InChI is InChI=1S/C30H33FN8O/c1-30(2,3)17-34-26-19(14-32)15-33-28-23(26)12-21(13-24(28)29(40)38(4)5)35-27(18-6-8-20(31)9-7-18)25-16-39(37-36-25)22-10-11-22/h6-9,12-13,15-16,22,27,35H,10-11,17H2,1-5H3,(H,33,34). The Labute approximate surface area is 233 Å². The van der Waals surface area contributed by atoms with E-state index in [1.54, 1.807) is 32.3 Å². The van der Waals surface area contributed by atoms with E-state index in [4.69, 9.17) is 0 Å². The molecule has 2 aromatic heterocycles. The number of rotatable bonds is 8. The normalized spacial score (nSPS) is 14.0. The van der Waals surface area contributed by atoms with E-state index in [9.17, 15) is 14.4 Å². The topological polar surface area (TPSA) is 112 Å². The van der Waals surface area contributed by atoms with Crippen LogP contribution in [-0.2, 0) is 0 Å². The van der Waals surface area contributed by atoms with Gasteiger partial charge < -0.3 is 15.5 Å². The third-order valence-electron chi connectivity index (χ3n) is 6.78. The number of carbonyl (C=O) groups excluding carboxylic acids is 1. The maximum atomic E-state index is 13.8. The number of hydrogen-bond donors (Lipinski definition) is 2. The van der Waals surface area contributed by atoms with Crippen LogP contribution in [0.3, 0.4) is 0 Å². The fraction of sp³-hybridized carbons (Fsp3) is 0.367. The summed E-state index contributed by atoms with van der Waals surface area (Å²) in [4.78, 5) is 19.4. The summed E-state index contributed by atoms with van der Waals surface area (Å²) in [7, 11) is 3.38. The molecule has 1 atom stereocenters. The Morgan fingerprint density at radius 1 is 1.23 bits per heavy atom. The number of aromatic nitrogens is 4. The molecule has 1 fully saturated rings. The minimum atomic E-state index is -0.467. The van der Waals surface area contributed by atoms with Gasteiger partial charge in [-0.2, -0.15) is 5.26 Å². The quantitative estimate of drug-likeness (QED) is 0.302. The maximum Gasteiger partial charge on any atom is 0.255 e. The zero-order valence-electron chi connectivity index (χ0n) is 23.4. The van der Waals surface area contributed by atoms with E-state index >= 15 is 0 Å². The molecule has 1 amide bonds. The van der Waals surface area contributed by atoms with E-state index in [2.05, 4.69) is 52.8 Å². The molecule has 206 valence electrons. The summed E-state index contributed by atoms with van der Waals surface area (Å²) in [6.07, 6.45) is 5.55. The van der Waals surface area contributed by atoms with E-state index in [1.807, 2.05) is 16.9 Å². The second-order valence-electron chi connectivity index (χ2n) is 11.7. The van der Waals surface area contributed by atoms with Crippen LogP contribution in [0.25, 0.3) is 10.9 Å². The van der Waals surface area contributed by atoms with Gasteiger partial charge in [0.2, 0.25) is 0 Å². The van der Waals surface area contributed by atoms with Crippen molar-refractivity contribution in [3.8, 4) is 6.07 Å². The predicted octanol–water partition coefficient (Wildman–Crippen LogP) is 5.53. The van der Waals surface area contributed by atoms with E-state index in [-0.39, 0.29) is 17.1 Å². The molecule has 1 aliphatic rings. The zero-order valence-corrected chi connectivity index (χ0v) is 23.4. The Balaban J connectivity index is 1.66. The molecule has 2 heterocycles. The number of benzene rings is 2. The monoisotopic (exact) mass is 540 g/mol. The van der Waals surface area contributed by atoms with Gasteiger partial charge in [-0.3, -0.25) is 9.78 Å². The number of nitrogens with zero attached hydrogens (tertiary/aromatic N) is 6. The van der Waals surface area contributed by atoms with Gasteiger partial charge in [0, 0.05) is 37.9 Å². The summed E-state index contributed by atoms with van der Waals surface area (Å²) in [5, 5.41) is 26.3. The molecule has 0 bridgehead atoms. The number of carbonyl (C=O) groups is 1. The number of anilines is 2. The van der Waals surface area contributed by atoms with Gasteiger partial charge in [-0.15, -0.1) is 5.10 Å². The second-order valence-corrected chi connectivity index (χ2v) is 11.7. The lowest BCUT2D eigenvalue weighted by Gasteiger charge is -2.23. The third kappa shape index (κ3) is 5.73. The van der Waals surface area contributed by atoms with Crippen molar-refractivity contribution in [3.63, 3.8) is 0 Å². The lowest BCUT2D eigenvalue weighted by atomic mass is 9.96. The number of amides is 1. The van der Waals surface area contributed by atoms with E-state index in [1.165, 1.54) is 23.2 Å². The molecule has 10 heteroatoms. The highest BCUT2D eigenvalue weighted by Gasteiger charge is 2.28. The van der Waals surface area contributed by atoms with Crippen LogP contribution in [0, 0.1) is 22.6 Å². The summed E-state index contributed by atoms with van der Waals surface area (Å²) in [5.41, 5.74) is 3.95. The molecule has 0 saturated heterocycles. The van der Waals surface area contributed by atoms with Crippen LogP contribution >= 0.6 is 0 Å². The summed E-state index contributed by atoms with van der Waals surface area (Å²) >= 11 is 0. The number of fused-ring (bicyclic) bond motifs is 1. The molecular formula is C30H33FN8O. The number of halogens is 1. The van der Waals surface area contributed by atoms with Gasteiger partial charge in [-0.05, 0) is 48.1 Å². The molecule has 2 N–H and O–H groups in total. The Kier molecular flexibility index (Phi) is 7.15. The smallest absolute Gasteiger partial charge is 0.255 e. The average molecular weight is 541 g/mol. The van der Waals surface area contributed by atoms with Crippen molar-refractivity contribution in [2.24, 2.45) is 5.41 Å². The molecule has 1 aliphatic carbocycles. The van der Waals surface area contributed by atoms with E-state index in [0.717, 1.165) is 18.4 Å². The van der Waals surface area contributed by atoms with Crippen molar-refractivity contribution in [2.75, 3.05) is 31.3 Å². The molecular weight excluding hydrogens is 507 g/mol. The predicted molar refractivity (Wildman–Crippen MR) is 153 cm³/mol. The highest BCUT2D eigenvalue weighted by atomic mass is 19.1. The molecule has 1 unspecified atom stereocenters. The first kappa shape index (κ1) is 27.1. The molecule has 0 radical (unpaired) electrons. The minimum Gasteiger partial charge on any atom is -0.383 e. The van der Waals surface area contributed by atoms with E-state index < -0.39 is 6.04 Å². The summed E-state index contributed by atoms with van der Waals surface area (Å²) in [6.45, 7) is 6.92. The van der Waals surface area contributed by atoms with Crippen LogP contribution in [-0.4, -0.2) is 51.4 Å². The number of nitrogens with one attached hydrogen (secondary N) is 2. The van der Waals surface area contributed by atoms with Crippen LogP contribution in [0.5, 0.6) is 0 Å². The highest BCUT2D eigenvalue weighted by molar-refractivity contribution is 6.10. The fourth-order valence-corrected chi connectivity index (χ4v) is 4.51. The lowest BCUT2D eigenvalue weighted by Crippen LogP contribution is -2.23. The summed E-state index contributed by atoms with van der Waals surface area (Å²) in [5.74, 6) is -0.552. The largest absolute Gasteiger partial charge is 0.383 e. The van der Waals surface area contributed by atoms with Crippen LogP contribution < -0.4 is 10.6 Å². The molecule has 0 spiro atoms. The average Bonchev–Trinajstić information content (AvgIpc) is 3.66. The molecule has 9 nitrogen and oxygen atoms in total. The first-order chi connectivity index (χ1) is 19.0. The summed E-state index contributed by atoms with van der Waals surface area (Å²) in [6, 6.07) is 12.0. The van der Waals surface area contributed by atoms with Crippen LogP contribution in [0.2, 0.25) is 0 Å². The summed E-state index contributed by atoms with van der Waals surface area (Å²) < 4.78 is 15.7. The SMILES string of the molecule is CN(C)C(=O)c1cc(NC(c2ccc(F)cc2)c2cn(C3CC3)nn2)cc2c(NCC(C)(C)C)c(C#N)cnc12.